The number of benzene rings is 2. The first-order chi connectivity index (χ1) is 11.2. The zero-order chi connectivity index (χ0) is 16.5. The number of hydrogen-bond acceptors (Lipinski definition) is 2. The van der Waals surface area contributed by atoms with E-state index >= 15 is 0 Å². The molecule has 0 amide bonds. The van der Waals surface area contributed by atoms with Gasteiger partial charge in [0.1, 0.15) is 6.10 Å². The van der Waals surface area contributed by atoms with Crippen LogP contribution >= 0.6 is 0 Å². The average Bonchev–Trinajstić information content (AvgIpc) is 2.58. The molecular formula is C20H24O3. The van der Waals surface area contributed by atoms with Crippen LogP contribution in [-0.4, -0.2) is 11.3 Å². The Hall–Kier alpha value is -2.29. The summed E-state index contributed by atoms with van der Waals surface area (Å²) in [4.78, 5) is 11.0. The van der Waals surface area contributed by atoms with E-state index < -0.39 is 6.16 Å². The fourth-order valence-electron chi connectivity index (χ4n) is 2.87. The summed E-state index contributed by atoms with van der Waals surface area (Å²) in [6, 6.07) is 18.3. The maximum absolute atomic E-state index is 11.0. The Morgan fingerprint density at radius 1 is 1.04 bits per heavy atom. The number of carbonyl (C=O) groups is 1. The molecule has 0 aliphatic carbocycles. The Labute approximate surface area is 137 Å². The summed E-state index contributed by atoms with van der Waals surface area (Å²) >= 11 is 0. The molecule has 0 radical (unpaired) electrons. The summed E-state index contributed by atoms with van der Waals surface area (Å²) in [5.41, 5.74) is 3.47. The summed E-state index contributed by atoms with van der Waals surface area (Å²) in [5.74, 6) is 0. The standard InChI is InChI=1S/C20H24O3/c1-2-17-13-7-8-14-18(17)19(23-20(21)22)15-9-6-12-16-10-4-3-5-11-16/h3-5,7-8,10-11,13-14,19H,2,6,9,12,15H2,1H3,(H,21,22). The highest BCUT2D eigenvalue weighted by atomic mass is 16.7. The van der Waals surface area contributed by atoms with E-state index in [9.17, 15) is 4.79 Å². The van der Waals surface area contributed by atoms with Gasteiger partial charge in [0, 0.05) is 0 Å². The van der Waals surface area contributed by atoms with Gasteiger partial charge < -0.3 is 9.84 Å². The minimum atomic E-state index is -1.20. The molecule has 1 unspecified atom stereocenters. The van der Waals surface area contributed by atoms with Crippen molar-refractivity contribution in [3.63, 3.8) is 0 Å². The van der Waals surface area contributed by atoms with Crippen LogP contribution in [0.2, 0.25) is 0 Å². The van der Waals surface area contributed by atoms with Crippen LogP contribution in [0.3, 0.4) is 0 Å². The molecule has 122 valence electrons. The largest absolute Gasteiger partial charge is 0.506 e. The fraction of sp³-hybridized carbons (Fsp3) is 0.350. The van der Waals surface area contributed by atoms with Gasteiger partial charge in [-0.25, -0.2) is 4.79 Å². The molecule has 0 saturated heterocycles. The molecule has 0 heterocycles. The van der Waals surface area contributed by atoms with E-state index in [1.54, 1.807) is 0 Å². The van der Waals surface area contributed by atoms with Crippen molar-refractivity contribution in [1.82, 2.24) is 0 Å². The zero-order valence-electron chi connectivity index (χ0n) is 13.6. The van der Waals surface area contributed by atoms with Gasteiger partial charge in [-0.05, 0) is 48.8 Å². The normalized spacial score (nSPS) is 11.9. The first kappa shape index (κ1) is 17.1. The van der Waals surface area contributed by atoms with Crippen molar-refractivity contribution in [3.8, 4) is 0 Å². The molecule has 0 aliphatic heterocycles. The zero-order valence-corrected chi connectivity index (χ0v) is 13.6. The second-order valence-corrected chi connectivity index (χ2v) is 5.66. The fourth-order valence-corrected chi connectivity index (χ4v) is 2.87. The molecule has 2 aromatic carbocycles. The topological polar surface area (TPSA) is 46.5 Å². The van der Waals surface area contributed by atoms with Gasteiger partial charge in [-0.15, -0.1) is 0 Å². The highest BCUT2D eigenvalue weighted by Crippen LogP contribution is 2.27. The molecule has 0 aromatic heterocycles. The van der Waals surface area contributed by atoms with Crippen molar-refractivity contribution in [3.05, 3.63) is 71.3 Å². The number of aryl methyl sites for hydroxylation is 2. The van der Waals surface area contributed by atoms with Gasteiger partial charge in [-0.2, -0.15) is 0 Å². The van der Waals surface area contributed by atoms with E-state index in [0.717, 1.165) is 43.2 Å². The average molecular weight is 312 g/mol. The molecule has 2 aromatic rings. The minimum Gasteiger partial charge on any atom is -0.450 e. The summed E-state index contributed by atoms with van der Waals surface area (Å²) < 4.78 is 5.15. The Kier molecular flexibility index (Phi) is 6.67. The maximum atomic E-state index is 11.0. The number of unbranched alkanes of at least 4 members (excludes halogenated alkanes) is 1. The second-order valence-electron chi connectivity index (χ2n) is 5.66. The van der Waals surface area contributed by atoms with Crippen LogP contribution in [0.1, 0.15) is 49.0 Å². The Morgan fingerprint density at radius 3 is 2.43 bits per heavy atom. The summed E-state index contributed by atoms with van der Waals surface area (Å²) in [7, 11) is 0. The lowest BCUT2D eigenvalue weighted by molar-refractivity contribution is 0.0461. The van der Waals surface area contributed by atoms with Crippen LogP contribution in [0, 0.1) is 0 Å². The van der Waals surface area contributed by atoms with Gasteiger partial charge in [0.2, 0.25) is 0 Å². The van der Waals surface area contributed by atoms with Gasteiger partial charge in [-0.3, -0.25) is 0 Å². The SMILES string of the molecule is CCc1ccccc1C(CCCCc1ccccc1)OC(=O)O. The van der Waals surface area contributed by atoms with Crippen LogP contribution in [0.15, 0.2) is 54.6 Å². The lowest BCUT2D eigenvalue weighted by Gasteiger charge is -2.19. The third kappa shape index (κ3) is 5.44. The van der Waals surface area contributed by atoms with Crippen molar-refractivity contribution >= 4 is 6.16 Å². The van der Waals surface area contributed by atoms with Crippen LogP contribution < -0.4 is 0 Å². The van der Waals surface area contributed by atoms with Crippen LogP contribution in [0.5, 0.6) is 0 Å². The Bertz CT molecular complexity index is 607. The molecule has 0 fully saturated rings. The van der Waals surface area contributed by atoms with Gasteiger partial charge in [0.15, 0.2) is 0 Å². The van der Waals surface area contributed by atoms with Gasteiger partial charge >= 0.3 is 6.16 Å². The molecule has 0 aliphatic rings. The van der Waals surface area contributed by atoms with Crippen LogP contribution in [0.4, 0.5) is 4.79 Å². The van der Waals surface area contributed by atoms with E-state index in [1.807, 2.05) is 42.5 Å². The van der Waals surface area contributed by atoms with Crippen molar-refractivity contribution in [1.29, 1.82) is 0 Å². The third-order valence-corrected chi connectivity index (χ3v) is 4.05. The lowest BCUT2D eigenvalue weighted by Crippen LogP contribution is -2.11. The molecule has 1 atom stereocenters. The van der Waals surface area contributed by atoms with Crippen LogP contribution in [0.25, 0.3) is 0 Å². The van der Waals surface area contributed by atoms with E-state index in [2.05, 4.69) is 19.1 Å². The van der Waals surface area contributed by atoms with E-state index in [4.69, 9.17) is 9.84 Å². The first-order valence-electron chi connectivity index (χ1n) is 8.22. The highest BCUT2D eigenvalue weighted by molar-refractivity contribution is 5.57. The predicted molar refractivity (Wildman–Crippen MR) is 91.7 cm³/mol. The van der Waals surface area contributed by atoms with Crippen LogP contribution in [-0.2, 0) is 17.6 Å². The molecule has 3 nitrogen and oxygen atoms in total. The van der Waals surface area contributed by atoms with E-state index in [0.29, 0.717) is 0 Å². The Balaban J connectivity index is 1.95. The van der Waals surface area contributed by atoms with E-state index in [1.165, 1.54) is 5.56 Å². The van der Waals surface area contributed by atoms with Crippen molar-refractivity contribution in [2.75, 3.05) is 0 Å². The molecule has 1 N–H and O–H groups in total. The minimum absolute atomic E-state index is 0.376. The van der Waals surface area contributed by atoms with E-state index in [-0.39, 0.29) is 6.10 Å². The molecule has 3 heteroatoms. The monoisotopic (exact) mass is 312 g/mol. The van der Waals surface area contributed by atoms with Crippen molar-refractivity contribution < 1.29 is 14.6 Å². The summed E-state index contributed by atoms with van der Waals surface area (Å²) in [6.07, 6.45) is 2.98. The smallest absolute Gasteiger partial charge is 0.450 e. The molecular weight excluding hydrogens is 288 g/mol. The van der Waals surface area contributed by atoms with Crippen molar-refractivity contribution in [2.24, 2.45) is 0 Å². The van der Waals surface area contributed by atoms with Crippen molar-refractivity contribution in [2.45, 2.75) is 45.1 Å². The molecule has 0 spiro atoms. The van der Waals surface area contributed by atoms with Gasteiger partial charge in [0.25, 0.3) is 0 Å². The molecule has 0 bridgehead atoms. The third-order valence-electron chi connectivity index (χ3n) is 4.05. The summed E-state index contributed by atoms with van der Waals surface area (Å²) in [5, 5.41) is 9.02. The lowest BCUT2D eigenvalue weighted by atomic mass is 9.96. The molecule has 2 rings (SSSR count). The maximum Gasteiger partial charge on any atom is 0.506 e. The predicted octanol–water partition coefficient (Wildman–Crippen LogP) is 5.40. The number of carboxylic acid groups (broad SMARTS) is 1. The number of hydrogen-bond donors (Lipinski definition) is 1. The second kappa shape index (κ2) is 8.99. The number of ether oxygens (including phenoxy) is 1. The molecule has 23 heavy (non-hydrogen) atoms. The first-order valence-corrected chi connectivity index (χ1v) is 8.22. The summed E-state index contributed by atoms with van der Waals surface area (Å²) in [6.45, 7) is 2.08. The van der Waals surface area contributed by atoms with Gasteiger partial charge in [-0.1, -0.05) is 61.5 Å². The highest BCUT2D eigenvalue weighted by Gasteiger charge is 2.18. The Morgan fingerprint density at radius 2 is 1.74 bits per heavy atom. The molecule has 0 saturated carbocycles. The number of rotatable bonds is 8. The van der Waals surface area contributed by atoms with Gasteiger partial charge in [0.05, 0.1) is 0 Å². The quantitative estimate of drug-likeness (QED) is 0.524.